The van der Waals surface area contributed by atoms with Gasteiger partial charge in [0.25, 0.3) is 0 Å². The SMILES string of the molecule is COCCn1nc(COC)n(C)c1=O. The van der Waals surface area contributed by atoms with Gasteiger partial charge < -0.3 is 9.47 Å². The summed E-state index contributed by atoms with van der Waals surface area (Å²) in [5.41, 5.74) is -0.144. The predicted molar refractivity (Wildman–Crippen MR) is 50.1 cm³/mol. The Kier molecular flexibility index (Phi) is 3.84. The third-order valence-electron chi connectivity index (χ3n) is 1.91. The van der Waals surface area contributed by atoms with E-state index in [4.69, 9.17) is 9.47 Å². The fraction of sp³-hybridized carbons (Fsp3) is 0.750. The number of aromatic nitrogens is 3. The highest BCUT2D eigenvalue weighted by Crippen LogP contribution is 1.92. The van der Waals surface area contributed by atoms with Crippen molar-refractivity contribution in [3.8, 4) is 0 Å². The molecular weight excluding hydrogens is 186 g/mol. The lowest BCUT2D eigenvalue weighted by Gasteiger charge is -1.96. The van der Waals surface area contributed by atoms with Gasteiger partial charge in [0.2, 0.25) is 0 Å². The largest absolute Gasteiger partial charge is 0.383 e. The van der Waals surface area contributed by atoms with Gasteiger partial charge in [0.1, 0.15) is 6.61 Å². The summed E-state index contributed by atoms with van der Waals surface area (Å²) in [5.74, 6) is 0.619. The zero-order valence-corrected chi connectivity index (χ0v) is 8.69. The van der Waals surface area contributed by atoms with Gasteiger partial charge in [-0.3, -0.25) is 4.57 Å². The first-order chi connectivity index (χ1) is 6.70. The predicted octanol–water partition coefficient (Wildman–Crippen LogP) is -0.625. The minimum Gasteiger partial charge on any atom is -0.383 e. The Morgan fingerprint density at radius 3 is 2.64 bits per heavy atom. The highest BCUT2D eigenvalue weighted by atomic mass is 16.5. The molecule has 0 saturated carbocycles. The lowest BCUT2D eigenvalue weighted by molar-refractivity contribution is 0.171. The minimum absolute atomic E-state index is 0.144. The molecular formula is C8H15N3O3. The third-order valence-corrected chi connectivity index (χ3v) is 1.91. The van der Waals surface area contributed by atoms with Gasteiger partial charge >= 0.3 is 5.69 Å². The van der Waals surface area contributed by atoms with E-state index in [1.54, 1.807) is 21.3 Å². The molecule has 0 bridgehead atoms. The van der Waals surface area contributed by atoms with Gasteiger partial charge in [-0.2, -0.15) is 5.10 Å². The van der Waals surface area contributed by atoms with Crippen molar-refractivity contribution in [2.24, 2.45) is 7.05 Å². The van der Waals surface area contributed by atoms with Crippen LogP contribution >= 0.6 is 0 Å². The van der Waals surface area contributed by atoms with Gasteiger partial charge in [-0.1, -0.05) is 0 Å². The summed E-state index contributed by atoms with van der Waals surface area (Å²) in [5, 5.41) is 4.10. The molecule has 1 heterocycles. The van der Waals surface area contributed by atoms with Gasteiger partial charge in [0, 0.05) is 21.3 Å². The molecule has 0 spiro atoms. The Morgan fingerprint density at radius 2 is 2.07 bits per heavy atom. The zero-order valence-electron chi connectivity index (χ0n) is 8.69. The first kappa shape index (κ1) is 10.9. The summed E-state index contributed by atoms with van der Waals surface area (Å²) < 4.78 is 12.6. The van der Waals surface area contributed by atoms with Crippen molar-refractivity contribution in [1.82, 2.24) is 14.3 Å². The molecule has 14 heavy (non-hydrogen) atoms. The second-order valence-corrected chi connectivity index (χ2v) is 2.91. The molecule has 1 aromatic heterocycles. The number of nitrogens with zero attached hydrogens (tertiary/aromatic N) is 3. The molecule has 0 amide bonds. The second-order valence-electron chi connectivity index (χ2n) is 2.91. The Bertz CT molecular complexity index is 342. The van der Waals surface area contributed by atoms with Gasteiger partial charge in [-0.05, 0) is 0 Å². The monoisotopic (exact) mass is 201 g/mol. The normalized spacial score (nSPS) is 10.8. The smallest absolute Gasteiger partial charge is 0.345 e. The lowest BCUT2D eigenvalue weighted by atomic mass is 10.6. The fourth-order valence-corrected chi connectivity index (χ4v) is 1.11. The summed E-state index contributed by atoms with van der Waals surface area (Å²) >= 11 is 0. The van der Waals surface area contributed by atoms with Crippen molar-refractivity contribution in [2.75, 3.05) is 20.8 Å². The molecule has 0 saturated heterocycles. The fourth-order valence-electron chi connectivity index (χ4n) is 1.11. The van der Waals surface area contributed by atoms with Crippen molar-refractivity contribution in [3.05, 3.63) is 16.3 Å². The van der Waals surface area contributed by atoms with Crippen LogP contribution in [0.1, 0.15) is 5.82 Å². The molecule has 80 valence electrons. The Hall–Kier alpha value is -1.14. The summed E-state index contributed by atoms with van der Waals surface area (Å²) in [6, 6.07) is 0. The Balaban J connectivity index is 2.85. The first-order valence-corrected chi connectivity index (χ1v) is 4.31. The molecule has 1 rings (SSSR count). The lowest BCUT2D eigenvalue weighted by Crippen LogP contribution is -2.24. The quantitative estimate of drug-likeness (QED) is 0.636. The number of rotatable bonds is 5. The van der Waals surface area contributed by atoms with Gasteiger partial charge in [0.05, 0.1) is 13.2 Å². The van der Waals surface area contributed by atoms with E-state index in [-0.39, 0.29) is 5.69 Å². The standard InChI is InChI=1S/C8H15N3O3/c1-10-7(6-14-3)9-11(8(10)12)4-5-13-2/h4-6H2,1-3H3. The molecule has 0 atom stereocenters. The van der Waals surface area contributed by atoms with E-state index in [1.165, 1.54) is 9.25 Å². The molecule has 0 N–H and O–H groups in total. The van der Waals surface area contributed by atoms with Crippen molar-refractivity contribution >= 4 is 0 Å². The van der Waals surface area contributed by atoms with Crippen molar-refractivity contribution < 1.29 is 9.47 Å². The molecule has 0 unspecified atom stereocenters. The average molecular weight is 201 g/mol. The molecule has 0 aromatic carbocycles. The van der Waals surface area contributed by atoms with Crippen LogP contribution in [0.5, 0.6) is 0 Å². The number of ether oxygens (including phenoxy) is 2. The minimum atomic E-state index is -0.144. The number of hydrogen-bond acceptors (Lipinski definition) is 4. The average Bonchev–Trinajstić information content (AvgIpc) is 2.44. The van der Waals surface area contributed by atoms with Crippen molar-refractivity contribution in [2.45, 2.75) is 13.2 Å². The maximum Gasteiger partial charge on any atom is 0.345 e. The Labute approximate surface area is 82.0 Å². The van der Waals surface area contributed by atoms with Crippen LogP contribution < -0.4 is 5.69 Å². The molecule has 0 aliphatic carbocycles. The van der Waals surface area contributed by atoms with E-state index in [0.717, 1.165) is 0 Å². The van der Waals surface area contributed by atoms with Crippen LogP contribution in [-0.4, -0.2) is 35.2 Å². The molecule has 6 heteroatoms. The topological polar surface area (TPSA) is 58.3 Å². The van der Waals surface area contributed by atoms with E-state index in [2.05, 4.69) is 5.10 Å². The summed E-state index contributed by atoms with van der Waals surface area (Å²) in [4.78, 5) is 11.5. The van der Waals surface area contributed by atoms with E-state index < -0.39 is 0 Å². The van der Waals surface area contributed by atoms with Crippen LogP contribution in [0.3, 0.4) is 0 Å². The molecule has 1 aromatic rings. The highest BCUT2D eigenvalue weighted by Gasteiger charge is 2.08. The Morgan fingerprint density at radius 1 is 1.36 bits per heavy atom. The van der Waals surface area contributed by atoms with E-state index in [0.29, 0.717) is 25.6 Å². The van der Waals surface area contributed by atoms with E-state index in [9.17, 15) is 4.79 Å². The highest BCUT2D eigenvalue weighted by molar-refractivity contribution is 4.83. The van der Waals surface area contributed by atoms with Crippen LogP contribution in [0.4, 0.5) is 0 Å². The van der Waals surface area contributed by atoms with Crippen LogP contribution in [-0.2, 0) is 29.7 Å². The summed E-state index contributed by atoms with van der Waals surface area (Å²) in [7, 11) is 4.83. The van der Waals surface area contributed by atoms with Crippen molar-refractivity contribution in [1.29, 1.82) is 0 Å². The van der Waals surface area contributed by atoms with Gasteiger partial charge in [0.15, 0.2) is 5.82 Å². The van der Waals surface area contributed by atoms with E-state index >= 15 is 0 Å². The summed E-state index contributed by atoms with van der Waals surface area (Å²) in [6.07, 6.45) is 0. The molecule has 0 aliphatic rings. The van der Waals surface area contributed by atoms with Gasteiger partial charge in [-0.25, -0.2) is 9.48 Å². The van der Waals surface area contributed by atoms with Crippen LogP contribution in [0.2, 0.25) is 0 Å². The van der Waals surface area contributed by atoms with Gasteiger partial charge in [-0.15, -0.1) is 0 Å². The number of methoxy groups -OCH3 is 2. The molecule has 0 aliphatic heterocycles. The zero-order chi connectivity index (χ0) is 10.6. The third kappa shape index (κ3) is 2.21. The van der Waals surface area contributed by atoms with Crippen molar-refractivity contribution in [3.63, 3.8) is 0 Å². The maximum atomic E-state index is 11.5. The molecule has 0 fully saturated rings. The van der Waals surface area contributed by atoms with Crippen LogP contribution in [0.25, 0.3) is 0 Å². The molecule has 6 nitrogen and oxygen atoms in total. The first-order valence-electron chi connectivity index (χ1n) is 4.31. The number of hydrogen-bond donors (Lipinski definition) is 0. The second kappa shape index (κ2) is 4.92. The van der Waals surface area contributed by atoms with Crippen LogP contribution in [0.15, 0.2) is 4.79 Å². The van der Waals surface area contributed by atoms with Crippen LogP contribution in [0, 0.1) is 0 Å². The van der Waals surface area contributed by atoms with E-state index in [1.807, 2.05) is 0 Å². The summed E-state index contributed by atoms with van der Waals surface area (Å²) in [6.45, 7) is 1.28. The maximum absolute atomic E-state index is 11.5. The molecule has 0 radical (unpaired) electrons.